The molecule has 0 atom stereocenters. The van der Waals surface area contributed by atoms with Crippen LogP contribution in [0.2, 0.25) is 0 Å². The average Bonchev–Trinajstić information content (AvgIpc) is 3.25. The van der Waals surface area contributed by atoms with Gasteiger partial charge in [0.2, 0.25) is 0 Å². The Morgan fingerprint density at radius 2 is 1.50 bits per heavy atom. The van der Waals surface area contributed by atoms with E-state index in [0.717, 1.165) is 5.39 Å². The van der Waals surface area contributed by atoms with E-state index in [0.29, 0.717) is 28.3 Å². The number of carbonyl (C=O) groups excluding carboxylic acids is 2. The summed E-state index contributed by atoms with van der Waals surface area (Å²) in [7, 11) is 1.50. The van der Waals surface area contributed by atoms with Crippen LogP contribution in [0.4, 0.5) is 11.4 Å². The monoisotopic (exact) mass is 445 g/mol. The maximum Gasteiger partial charge on any atom is 0.291 e. The molecule has 3 aromatic carbocycles. The summed E-state index contributed by atoms with van der Waals surface area (Å²) in [4.78, 5) is 24.9. The van der Waals surface area contributed by atoms with E-state index in [1.54, 1.807) is 54.6 Å². The van der Waals surface area contributed by atoms with Crippen molar-refractivity contribution in [1.29, 1.82) is 0 Å². The molecule has 0 spiro atoms. The van der Waals surface area contributed by atoms with Crippen molar-refractivity contribution in [2.24, 2.45) is 0 Å². The SMILES string of the molecule is COc1ccccc1C(=O)NC(=S)Nc1ccc(NC(=O)c2cc3ccccc3o2)cc1. The van der Waals surface area contributed by atoms with E-state index in [9.17, 15) is 9.59 Å². The molecular formula is C24H19N3O4S. The highest BCUT2D eigenvalue weighted by Crippen LogP contribution is 2.21. The first-order valence-electron chi connectivity index (χ1n) is 9.69. The van der Waals surface area contributed by atoms with Crippen LogP contribution < -0.4 is 20.7 Å². The molecule has 3 N–H and O–H groups in total. The zero-order valence-corrected chi connectivity index (χ0v) is 17.9. The smallest absolute Gasteiger partial charge is 0.291 e. The summed E-state index contributed by atoms with van der Waals surface area (Å²) in [6.45, 7) is 0. The summed E-state index contributed by atoms with van der Waals surface area (Å²) in [6.07, 6.45) is 0. The van der Waals surface area contributed by atoms with Crippen LogP contribution in [0.5, 0.6) is 5.75 Å². The Hall–Kier alpha value is -4.17. The maximum absolute atomic E-state index is 12.5. The number of anilines is 2. The number of para-hydroxylation sites is 2. The van der Waals surface area contributed by atoms with Gasteiger partial charge in [0.15, 0.2) is 10.9 Å². The first-order chi connectivity index (χ1) is 15.5. The third-order valence-electron chi connectivity index (χ3n) is 4.63. The van der Waals surface area contributed by atoms with Crippen LogP contribution in [-0.4, -0.2) is 24.0 Å². The first kappa shape index (κ1) is 21.1. The number of ether oxygens (including phenoxy) is 1. The van der Waals surface area contributed by atoms with E-state index in [2.05, 4.69) is 16.0 Å². The van der Waals surface area contributed by atoms with Gasteiger partial charge in [0.1, 0.15) is 11.3 Å². The fraction of sp³-hybridized carbons (Fsp3) is 0.0417. The van der Waals surface area contributed by atoms with E-state index >= 15 is 0 Å². The number of nitrogens with one attached hydrogen (secondary N) is 3. The molecule has 0 saturated carbocycles. The third kappa shape index (κ3) is 4.76. The van der Waals surface area contributed by atoms with Gasteiger partial charge in [0.25, 0.3) is 11.8 Å². The molecule has 160 valence electrons. The van der Waals surface area contributed by atoms with Crippen LogP contribution in [0, 0.1) is 0 Å². The van der Waals surface area contributed by atoms with Crippen molar-refractivity contribution in [2.45, 2.75) is 0 Å². The largest absolute Gasteiger partial charge is 0.496 e. The van der Waals surface area contributed by atoms with Crippen LogP contribution in [0.25, 0.3) is 11.0 Å². The molecule has 1 aromatic heterocycles. The summed E-state index contributed by atoms with van der Waals surface area (Å²) in [5.74, 6) is -0.0397. The van der Waals surface area contributed by atoms with Gasteiger partial charge in [-0.1, -0.05) is 30.3 Å². The quantitative estimate of drug-likeness (QED) is 0.382. The van der Waals surface area contributed by atoms with Gasteiger partial charge in [-0.05, 0) is 60.7 Å². The van der Waals surface area contributed by atoms with Crippen molar-refractivity contribution >= 4 is 51.5 Å². The number of benzene rings is 3. The Morgan fingerprint density at radius 3 is 2.22 bits per heavy atom. The van der Waals surface area contributed by atoms with Crippen molar-refractivity contribution in [3.63, 3.8) is 0 Å². The molecule has 0 radical (unpaired) electrons. The van der Waals surface area contributed by atoms with E-state index in [1.807, 2.05) is 24.3 Å². The minimum atomic E-state index is -0.380. The van der Waals surface area contributed by atoms with Crippen LogP contribution in [0.15, 0.2) is 83.3 Å². The number of hydrogen-bond acceptors (Lipinski definition) is 5. The number of furan rings is 1. The number of fused-ring (bicyclic) bond motifs is 1. The second-order valence-corrected chi connectivity index (χ2v) is 7.20. The predicted molar refractivity (Wildman–Crippen MR) is 127 cm³/mol. The summed E-state index contributed by atoms with van der Waals surface area (Å²) < 4.78 is 10.8. The van der Waals surface area contributed by atoms with Crippen LogP contribution in [-0.2, 0) is 0 Å². The molecule has 0 saturated heterocycles. The van der Waals surface area contributed by atoms with Crippen molar-refractivity contribution in [2.75, 3.05) is 17.7 Å². The molecule has 0 unspecified atom stereocenters. The highest BCUT2D eigenvalue weighted by atomic mass is 32.1. The highest BCUT2D eigenvalue weighted by Gasteiger charge is 2.14. The van der Waals surface area contributed by atoms with Gasteiger partial charge in [-0.3, -0.25) is 14.9 Å². The number of methoxy groups -OCH3 is 1. The molecule has 0 bridgehead atoms. The Bertz CT molecular complexity index is 1270. The average molecular weight is 446 g/mol. The lowest BCUT2D eigenvalue weighted by Crippen LogP contribution is -2.34. The standard InChI is InChI=1S/C24H19N3O4S/c1-30-20-9-5-3-7-18(20)22(28)27-24(32)26-17-12-10-16(11-13-17)25-23(29)21-14-15-6-2-4-8-19(15)31-21/h2-14H,1H3,(H,25,29)(H2,26,27,28,32). The Morgan fingerprint density at radius 1 is 0.844 bits per heavy atom. The van der Waals surface area contributed by atoms with Gasteiger partial charge < -0.3 is 19.8 Å². The zero-order chi connectivity index (χ0) is 22.5. The molecule has 4 rings (SSSR count). The van der Waals surface area contributed by atoms with Crippen LogP contribution in [0.3, 0.4) is 0 Å². The number of amides is 2. The number of rotatable bonds is 5. The molecule has 4 aromatic rings. The first-order valence-corrected chi connectivity index (χ1v) is 10.1. The van der Waals surface area contributed by atoms with Gasteiger partial charge in [0, 0.05) is 16.8 Å². The highest BCUT2D eigenvalue weighted by molar-refractivity contribution is 7.80. The molecule has 2 amide bonds. The van der Waals surface area contributed by atoms with Gasteiger partial charge in [-0.25, -0.2) is 0 Å². The Balaban J connectivity index is 1.35. The van der Waals surface area contributed by atoms with E-state index in [-0.39, 0.29) is 22.7 Å². The molecule has 0 aliphatic rings. The number of carbonyl (C=O) groups is 2. The molecule has 1 heterocycles. The summed E-state index contributed by atoms with van der Waals surface area (Å²) in [5, 5.41) is 9.35. The number of hydrogen-bond donors (Lipinski definition) is 3. The fourth-order valence-corrected chi connectivity index (χ4v) is 3.30. The number of thiocarbonyl (C=S) groups is 1. The molecule has 32 heavy (non-hydrogen) atoms. The van der Waals surface area contributed by atoms with Gasteiger partial charge in [0.05, 0.1) is 12.7 Å². The normalized spacial score (nSPS) is 10.4. The lowest BCUT2D eigenvalue weighted by atomic mass is 10.2. The van der Waals surface area contributed by atoms with Gasteiger partial charge in [-0.15, -0.1) is 0 Å². The summed E-state index contributed by atoms with van der Waals surface area (Å²) in [5.41, 5.74) is 2.27. The minimum Gasteiger partial charge on any atom is -0.496 e. The second-order valence-electron chi connectivity index (χ2n) is 6.79. The van der Waals surface area contributed by atoms with E-state index in [4.69, 9.17) is 21.4 Å². The van der Waals surface area contributed by atoms with Gasteiger partial charge >= 0.3 is 0 Å². The van der Waals surface area contributed by atoms with Crippen molar-refractivity contribution in [1.82, 2.24) is 5.32 Å². The molecule has 7 nitrogen and oxygen atoms in total. The van der Waals surface area contributed by atoms with E-state index < -0.39 is 0 Å². The molecular weight excluding hydrogens is 426 g/mol. The zero-order valence-electron chi connectivity index (χ0n) is 17.0. The Kier molecular flexibility index (Phi) is 6.14. The van der Waals surface area contributed by atoms with Crippen molar-refractivity contribution in [3.8, 4) is 5.75 Å². The predicted octanol–water partition coefficient (Wildman–Crippen LogP) is 4.82. The molecule has 0 fully saturated rings. The van der Waals surface area contributed by atoms with Crippen LogP contribution in [0.1, 0.15) is 20.9 Å². The lowest BCUT2D eigenvalue weighted by molar-refractivity contribution is 0.0972. The molecule has 0 aliphatic heterocycles. The summed E-state index contributed by atoms with van der Waals surface area (Å²) in [6, 6.07) is 22.9. The topological polar surface area (TPSA) is 92.6 Å². The van der Waals surface area contributed by atoms with Gasteiger partial charge in [-0.2, -0.15) is 0 Å². The minimum absolute atomic E-state index is 0.139. The maximum atomic E-state index is 12.5. The third-order valence-corrected chi connectivity index (χ3v) is 4.83. The van der Waals surface area contributed by atoms with E-state index in [1.165, 1.54) is 7.11 Å². The molecule has 8 heteroatoms. The van der Waals surface area contributed by atoms with Crippen molar-refractivity contribution < 1.29 is 18.7 Å². The molecule has 0 aliphatic carbocycles. The fourth-order valence-electron chi connectivity index (χ4n) is 3.09. The lowest BCUT2D eigenvalue weighted by Gasteiger charge is -2.12. The second kappa shape index (κ2) is 9.32. The van der Waals surface area contributed by atoms with Crippen molar-refractivity contribution in [3.05, 3.63) is 90.2 Å². The summed E-state index contributed by atoms with van der Waals surface area (Å²) >= 11 is 5.22. The van der Waals surface area contributed by atoms with Crippen LogP contribution >= 0.6 is 12.2 Å². The Labute approximate surface area is 189 Å².